The van der Waals surface area contributed by atoms with Gasteiger partial charge in [-0.25, -0.2) is 0 Å². The highest BCUT2D eigenvalue weighted by molar-refractivity contribution is 5.91. The van der Waals surface area contributed by atoms with E-state index >= 15 is 0 Å². The summed E-state index contributed by atoms with van der Waals surface area (Å²) < 4.78 is 0. The zero-order valence-electron chi connectivity index (χ0n) is 17.1. The maximum Gasteiger partial charge on any atom is 0.226 e. The summed E-state index contributed by atoms with van der Waals surface area (Å²) in [5.41, 5.74) is 1.43. The highest BCUT2D eigenvalue weighted by Gasteiger charge is 2.54. The van der Waals surface area contributed by atoms with Gasteiger partial charge in [-0.15, -0.1) is 0 Å². The lowest BCUT2D eigenvalue weighted by atomic mass is 9.49. The molecule has 6 nitrogen and oxygen atoms in total. The molecule has 3 N–H and O–H groups in total. The standard InChI is InChI=1S/C23H31N3O3/c1-24-21(28)11-15-2-4-19(5-3-15)26-20(27)6-7-25-22(29)23-12-16-8-17(13-23)10-18(9-16)14-23/h2-5,16-18H,6-14H2,1H3,(H,24,28)(H,25,29)(H,26,27). The van der Waals surface area contributed by atoms with Crippen molar-refractivity contribution < 1.29 is 14.4 Å². The van der Waals surface area contributed by atoms with Crippen LogP contribution in [-0.2, 0) is 20.8 Å². The number of amides is 3. The minimum Gasteiger partial charge on any atom is -0.359 e. The molecule has 156 valence electrons. The molecule has 29 heavy (non-hydrogen) atoms. The van der Waals surface area contributed by atoms with E-state index in [2.05, 4.69) is 16.0 Å². The summed E-state index contributed by atoms with van der Waals surface area (Å²) >= 11 is 0. The number of carbonyl (C=O) groups is 3. The third-order valence-electron chi connectivity index (χ3n) is 7.04. The van der Waals surface area contributed by atoms with Crippen LogP contribution < -0.4 is 16.0 Å². The Labute approximate surface area is 172 Å². The van der Waals surface area contributed by atoms with Crippen LogP contribution in [0.4, 0.5) is 5.69 Å². The quantitative estimate of drug-likeness (QED) is 0.661. The van der Waals surface area contributed by atoms with E-state index in [9.17, 15) is 14.4 Å². The number of likely N-dealkylation sites (N-methyl/N-ethyl adjacent to an activating group) is 1. The van der Waals surface area contributed by atoms with Gasteiger partial charge >= 0.3 is 0 Å². The smallest absolute Gasteiger partial charge is 0.226 e. The van der Waals surface area contributed by atoms with Crippen molar-refractivity contribution in [3.63, 3.8) is 0 Å². The van der Waals surface area contributed by atoms with E-state index in [1.807, 2.05) is 12.1 Å². The van der Waals surface area contributed by atoms with Crippen LogP contribution in [0.5, 0.6) is 0 Å². The Bertz CT molecular complexity index is 752. The molecule has 4 aliphatic rings. The number of anilines is 1. The Morgan fingerprint density at radius 1 is 0.931 bits per heavy atom. The number of hydrogen-bond acceptors (Lipinski definition) is 3. The van der Waals surface area contributed by atoms with Gasteiger partial charge < -0.3 is 16.0 Å². The van der Waals surface area contributed by atoms with E-state index in [4.69, 9.17) is 0 Å². The van der Waals surface area contributed by atoms with Crippen molar-refractivity contribution in [1.82, 2.24) is 10.6 Å². The van der Waals surface area contributed by atoms with Crippen LogP contribution in [0.2, 0.25) is 0 Å². The topological polar surface area (TPSA) is 87.3 Å². The second-order valence-corrected chi connectivity index (χ2v) is 9.30. The Morgan fingerprint density at radius 2 is 1.52 bits per heavy atom. The van der Waals surface area contributed by atoms with E-state index in [0.29, 0.717) is 18.7 Å². The first-order valence-electron chi connectivity index (χ1n) is 10.8. The fraction of sp³-hybridized carbons (Fsp3) is 0.609. The summed E-state index contributed by atoms with van der Waals surface area (Å²) in [4.78, 5) is 36.5. The van der Waals surface area contributed by atoms with Crippen molar-refractivity contribution in [2.24, 2.45) is 23.2 Å². The Hall–Kier alpha value is -2.37. The van der Waals surface area contributed by atoms with E-state index in [-0.39, 0.29) is 29.6 Å². The molecule has 0 unspecified atom stereocenters. The average Bonchev–Trinajstić information content (AvgIpc) is 2.68. The summed E-state index contributed by atoms with van der Waals surface area (Å²) in [6, 6.07) is 7.26. The van der Waals surface area contributed by atoms with Gasteiger partial charge in [0.15, 0.2) is 0 Å². The van der Waals surface area contributed by atoms with Crippen molar-refractivity contribution in [1.29, 1.82) is 0 Å². The molecular weight excluding hydrogens is 366 g/mol. The zero-order chi connectivity index (χ0) is 20.4. The van der Waals surface area contributed by atoms with Crippen LogP contribution in [0.25, 0.3) is 0 Å². The molecule has 1 aromatic rings. The molecule has 0 saturated heterocycles. The van der Waals surface area contributed by atoms with Crippen LogP contribution in [0.3, 0.4) is 0 Å². The van der Waals surface area contributed by atoms with E-state index in [1.54, 1.807) is 19.2 Å². The molecule has 0 aromatic heterocycles. The largest absolute Gasteiger partial charge is 0.359 e. The lowest BCUT2D eigenvalue weighted by Crippen LogP contribution is -2.53. The molecule has 1 aromatic carbocycles. The van der Waals surface area contributed by atoms with Gasteiger partial charge in [0.1, 0.15) is 0 Å². The minimum absolute atomic E-state index is 0.0449. The van der Waals surface area contributed by atoms with Crippen molar-refractivity contribution >= 4 is 23.4 Å². The lowest BCUT2D eigenvalue weighted by molar-refractivity contribution is -0.146. The maximum atomic E-state index is 12.9. The zero-order valence-corrected chi connectivity index (χ0v) is 17.1. The number of rotatable bonds is 7. The summed E-state index contributed by atoms with van der Waals surface area (Å²) in [5, 5.41) is 8.49. The SMILES string of the molecule is CNC(=O)Cc1ccc(NC(=O)CCNC(=O)C23CC4CC(CC(C4)C2)C3)cc1. The predicted octanol–water partition coefficient (Wildman–Crippen LogP) is 2.64. The third-order valence-corrected chi connectivity index (χ3v) is 7.04. The van der Waals surface area contributed by atoms with Crippen LogP contribution in [0.15, 0.2) is 24.3 Å². The number of nitrogens with one attached hydrogen (secondary N) is 3. The molecule has 0 heterocycles. The Kier molecular flexibility index (Phi) is 5.61. The molecule has 0 atom stereocenters. The molecule has 4 bridgehead atoms. The van der Waals surface area contributed by atoms with E-state index in [1.165, 1.54) is 19.3 Å². The summed E-state index contributed by atoms with van der Waals surface area (Å²) in [6.45, 7) is 0.376. The molecule has 0 radical (unpaired) electrons. The first kappa shape index (κ1) is 19.9. The van der Waals surface area contributed by atoms with Crippen molar-refractivity contribution in [3.8, 4) is 0 Å². The fourth-order valence-corrected chi connectivity index (χ4v) is 6.07. The van der Waals surface area contributed by atoms with Gasteiger partial charge in [-0.05, 0) is 74.0 Å². The molecule has 6 heteroatoms. The molecule has 0 spiro atoms. The Morgan fingerprint density at radius 3 is 2.07 bits per heavy atom. The number of benzene rings is 1. The monoisotopic (exact) mass is 397 g/mol. The molecule has 5 rings (SSSR count). The first-order chi connectivity index (χ1) is 14.0. The van der Waals surface area contributed by atoms with Crippen LogP contribution in [-0.4, -0.2) is 31.3 Å². The fourth-order valence-electron chi connectivity index (χ4n) is 6.07. The molecular formula is C23H31N3O3. The molecule has 0 aliphatic heterocycles. The maximum absolute atomic E-state index is 12.9. The van der Waals surface area contributed by atoms with Crippen molar-refractivity contribution in [2.75, 3.05) is 18.9 Å². The highest BCUT2D eigenvalue weighted by Crippen LogP contribution is 2.60. The van der Waals surface area contributed by atoms with Crippen LogP contribution in [0.1, 0.15) is 50.5 Å². The van der Waals surface area contributed by atoms with Gasteiger partial charge in [0.25, 0.3) is 0 Å². The van der Waals surface area contributed by atoms with E-state index in [0.717, 1.165) is 42.6 Å². The van der Waals surface area contributed by atoms with E-state index < -0.39 is 0 Å². The Balaban J connectivity index is 1.22. The number of hydrogen-bond donors (Lipinski definition) is 3. The third kappa shape index (κ3) is 4.46. The van der Waals surface area contributed by atoms with Gasteiger partial charge in [0, 0.05) is 31.1 Å². The second-order valence-electron chi connectivity index (χ2n) is 9.30. The molecule has 4 aliphatic carbocycles. The minimum atomic E-state index is -0.161. The summed E-state index contributed by atoms with van der Waals surface area (Å²) in [5.74, 6) is 2.22. The van der Waals surface area contributed by atoms with Crippen LogP contribution in [0, 0.1) is 23.2 Å². The molecule has 4 saturated carbocycles. The molecule has 3 amide bonds. The lowest BCUT2D eigenvalue weighted by Gasteiger charge is -2.55. The van der Waals surface area contributed by atoms with Gasteiger partial charge in [0.2, 0.25) is 17.7 Å². The summed E-state index contributed by atoms with van der Waals surface area (Å²) in [6.07, 6.45) is 7.65. The van der Waals surface area contributed by atoms with Crippen LogP contribution >= 0.6 is 0 Å². The average molecular weight is 398 g/mol. The summed E-state index contributed by atoms with van der Waals surface area (Å²) in [7, 11) is 1.61. The second kappa shape index (κ2) is 8.17. The predicted molar refractivity (Wildman–Crippen MR) is 111 cm³/mol. The highest BCUT2D eigenvalue weighted by atomic mass is 16.2. The van der Waals surface area contributed by atoms with Crippen molar-refractivity contribution in [3.05, 3.63) is 29.8 Å². The molecule has 4 fully saturated rings. The van der Waals surface area contributed by atoms with Crippen molar-refractivity contribution in [2.45, 2.75) is 51.4 Å². The first-order valence-corrected chi connectivity index (χ1v) is 10.8. The van der Waals surface area contributed by atoms with Gasteiger partial charge in [-0.1, -0.05) is 12.1 Å². The van der Waals surface area contributed by atoms with Gasteiger partial charge in [-0.2, -0.15) is 0 Å². The van der Waals surface area contributed by atoms with Gasteiger partial charge in [-0.3, -0.25) is 14.4 Å². The normalized spacial score (nSPS) is 29.3. The number of carbonyl (C=O) groups excluding carboxylic acids is 3. The van der Waals surface area contributed by atoms with Gasteiger partial charge in [0.05, 0.1) is 6.42 Å².